The largest absolute Gasteiger partial charge is 0.381 e. The monoisotopic (exact) mass is 571 g/mol. The van der Waals surface area contributed by atoms with Gasteiger partial charge < -0.3 is 5.32 Å². The van der Waals surface area contributed by atoms with Gasteiger partial charge in [-0.3, -0.25) is 8.69 Å². The third-order valence-corrected chi connectivity index (χ3v) is 8.06. The van der Waals surface area contributed by atoms with Crippen LogP contribution in [0.3, 0.4) is 0 Å². The van der Waals surface area contributed by atoms with Crippen LogP contribution in [0.1, 0.15) is 18.4 Å². The fraction of sp³-hybridized carbons (Fsp3) is 0.182. The van der Waals surface area contributed by atoms with Crippen LogP contribution in [-0.2, 0) is 0 Å². The Hall–Kier alpha value is -2.33. The van der Waals surface area contributed by atoms with Gasteiger partial charge in [-0.2, -0.15) is 5.26 Å². The molecule has 0 atom stereocenters. The molecule has 1 aromatic carbocycles. The number of hydrogen-bond acceptors (Lipinski definition) is 8. The number of nitrogens with zero attached hydrogens (tertiary/aromatic N) is 5. The van der Waals surface area contributed by atoms with Crippen LogP contribution in [0.5, 0.6) is 0 Å². The molecule has 0 bridgehead atoms. The fourth-order valence-corrected chi connectivity index (χ4v) is 5.83. The van der Waals surface area contributed by atoms with Crippen molar-refractivity contribution in [2.75, 3.05) is 5.32 Å². The van der Waals surface area contributed by atoms with Gasteiger partial charge in [-0.15, -0.1) is 0 Å². The summed E-state index contributed by atoms with van der Waals surface area (Å²) < 4.78 is 5.58. The molecule has 0 saturated heterocycles. The highest BCUT2D eigenvalue weighted by atomic mass is 127. The summed E-state index contributed by atoms with van der Waals surface area (Å²) in [7, 11) is 1.60. The van der Waals surface area contributed by atoms with Crippen molar-refractivity contribution < 1.29 is 0 Å². The summed E-state index contributed by atoms with van der Waals surface area (Å²) in [5.41, 5.74) is 4.52. The molecule has 3 heterocycles. The standard InChI is InChI=1S/C22H18IN7S2/c23-32-30-7-5-18-21(19(12-26-22(18)30)20-4-6-25-13-27-20)28-15-9-16(10-15)29-31-17-3-1-2-14(8-17)11-24/h1-8,12-13,15-16,29H,9-10H2,(H,26,28). The summed E-state index contributed by atoms with van der Waals surface area (Å²) in [4.78, 5) is 14.2. The van der Waals surface area contributed by atoms with E-state index in [2.05, 4.69) is 57.3 Å². The third-order valence-electron chi connectivity index (χ3n) is 5.41. The molecule has 0 unspecified atom stereocenters. The van der Waals surface area contributed by atoms with Gasteiger partial charge in [-0.1, -0.05) is 6.07 Å². The van der Waals surface area contributed by atoms with Gasteiger partial charge in [-0.05, 0) is 55.1 Å². The molecule has 4 aromatic rings. The average Bonchev–Trinajstić information content (AvgIpc) is 3.24. The summed E-state index contributed by atoms with van der Waals surface area (Å²) >= 11 is 3.85. The molecule has 1 fully saturated rings. The number of nitriles is 1. The summed E-state index contributed by atoms with van der Waals surface area (Å²) in [6, 6.07) is 14.6. The lowest BCUT2D eigenvalue weighted by molar-refractivity contribution is 0.355. The lowest BCUT2D eigenvalue weighted by atomic mass is 9.87. The highest BCUT2D eigenvalue weighted by Crippen LogP contribution is 2.38. The number of nitrogens with one attached hydrogen (secondary N) is 2. The van der Waals surface area contributed by atoms with Crippen molar-refractivity contribution in [3.63, 3.8) is 0 Å². The maximum atomic E-state index is 9.07. The summed E-state index contributed by atoms with van der Waals surface area (Å²) in [5, 5.41) is 13.9. The highest BCUT2D eigenvalue weighted by molar-refractivity contribution is 14.2. The molecule has 160 valence electrons. The number of anilines is 1. The molecule has 5 rings (SSSR count). The molecule has 0 radical (unpaired) electrons. The first-order chi connectivity index (χ1) is 15.7. The molecule has 1 aliphatic rings. The minimum Gasteiger partial charge on any atom is -0.381 e. The van der Waals surface area contributed by atoms with E-state index in [1.165, 1.54) is 0 Å². The van der Waals surface area contributed by atoms with E-state index in [1.54, 1.807) is 33.6 Å². The number of rotatable bonds is 7. The van der Waals surface area contributed by atoms with Crippen molar-refractivity contribution in [2.24, 2.45) is 0 Å². The maximum Gasteiger partial charge on any atom is 0.152 e. The van der Waals surface area contributed by atoms with Crippen LogP contribution in [0.25, 0.3) is 22.3 Å². The Bertz CT molecular complexity index is 1280. The Morgan fingerprint density at radius 2 is 2.06 bits per heavy atom. The van der Waals surface area contributed by atoms with E-state index in [0.717, 1.165) is 45.7 Å². The number of benzene rings is 1. The normalized spacial score (nSPS) is 17.6. The SMILES string of the molecule is N#Cc1cccc(SNC2CC(Nc3c(-c4ccncn4)cnc4c3ccn4SI)C2)c1. The van der Waals surface area contributed by atoms with Gasteiger partial charge in [0.2, 0.25) is 0 Å². The minimum absolute atomic E-state index is 0.361. The Morgan fingerprint density at radius 3 is 2.84 bits per heavy atom. The molecule has 1 saturated carbocycles. The quantitative estimate of drug-likeness (QED) is 0.224. The van der Waals surface area contributed by atoms with E-state index < -0.39 is 0 Å². The van der Waals surface area contributed by atoms with Gasteiger partial charge in [-0.25, -0.2) is 15.0 Å². The Balaban J connectivity index is 1.31. The minimum atomic E-state index is 0.361. The van der Waals surface area contributed by atoms with Crippen LogP contribution in [-0.4, -0.2) is 31.0 Å². The van der Waals surface area contributed by atoms with Gasteiger partial charge in [0.1, 0.15) is 6.33 Å². The van der Waals surface area contributed by atoms with Gasteiger partial charge >= 0.3 is 0 Å². The molecular formula is C22H18IN7S2. The topological polar surface area (TPSA) is 91.4 Å². The summed E-state index contributed by atoms with van der Waals surface area (Å²) in [5.74, 6) is 0. The van der Waals surface area contributed by atoms with Gasteiger partial charge in [0.15, 0.2) is 5.65 Å². The van der Waals surface area contributed by atoms with Crippen LogP contribution < -0.4 is 10.0 Å². The zero-order valence-electron chi connectivity index (χ0n) is 16.8. The molecule has 3 aromatic heterocycles. The Labute approximate surface area is 206 Å². The first kappa shape index (κ1) is 21.5. The van der Waals surface area contributed by atoms with Gasteiger partial charge in [0.05, 0.1) is 23.0 Å². The predicted molar refractivity (Wildman–Crippen MR) is 138 cm³/mol. The number of pyridine rings is 1. The second kappa shape index (κ2) is 9.66. The van der Waals surface area contributed by atoms with Crippen molar-refractivity contribution in [1.82, 2.24) is 23.6 Å². The molecule has 1 aliphatic carbocycles. The van der Waals surface area contributed by atoms with E-state index >= 15 is 0 Å². The van der Waals surface area contributed by atoms with Gasteiger partial charge in [0, 0.05) is 76.8 Å². The fourth-order valence-electron chi connectivity index (χ4n) is 3.73. The zero-order chi connectivity index (χ0) is 21.9. The van der Waals surface area contributed by atoms with E-state index in [0.29, 0.717) is 17.6 Å². The summed E-state index contributed by atoms with van der Waals surface area (Å²) in [6.45, 7) is 0. The molecule has 0 amide bonds. The molecule has 10 heteroatoms. The summed E-state index contributed by atoms with van der Waals surface area (Å²) in [6.07, 6.45) is 9.28. The van der Waals surface area contributed by atoms with Crippen molar-refractivity contribution in [3.8, 4) is 17.3 Å². The smallest absolute Gasteiger partial charge is 0.152 e. The molecule has 7 nitrogen and oxygen atoms in total. The van der Waals surface area contributed by atoms with E-state index in [4.69, 9.17) is 10.2 Å². The van der Waals surface area contributed by atoms with Crippen molar-refractivity contribution >= 4 is 59.0 Å². The van der Waals surface area contributed by atoms with Crippen molar-refractivity contribution in [2.45, 2.75) is 29.8 Å². The van der Waals surface area contributed by atoms with Gasteiger partial charge in [0.25, 0.3) is 0 Å². The van der Waals surface area contributed by atoms with Crippen molar-refractivity contribution in [3.05, 3.63) is 66.9 Å². The van der Waals surface area contributed by atoms with Crippen molar-refractivity contribution in [1.29, 1.82) is 5.26 Å². The molecule has 0 spiro atoms. The number of halogens is 1. The maximum absolute atomic E-state index is 9.07. The van der Waals surface area contributed by atoms with E-state index in [-0.39, 0.29) is 0 Å². The van der Waals surface area contributed by atoms with Crippen LogP contribution in [0.15, 0.2) is 66.2 Å². The zero-order valence-corrected chi connectivity index (χ0v) is 20.6. The lowest BCUT2D eigenvalue weighted by Gasteiger charge is -2.37. The number of hydrogen-bond donors (Lipinski definition) is 2. The Morgan fingerprint density at radius 1 is 1.16 bits per heavy atom. The van der Waals surface area contributed by atoms with E-state index in [1.807, 2.05) is 42.7 Å². The second-order valence-electron chi connectivity index (χ2n) is 7.46. The average molecular weight is 571 g/mol. The molecule has 0 aliphatic heterocycles. The highest BCUT2D eigenvalue weighted by Gasteiger charge is 2.30. The second-order valence-corrected chi connectivity index (χ2v) is 10.1. The molecular weight excluding hydrogens is 553 g/mol. The number of aromatic nitrogens is 4. The first-order valence-electron chi connectivity index (χ1n) is 9.99. The van der Waals surface area contributed by atoms with E-state index in [9.17, 15) is 0 Å². The van der Waals surface area contributed by atoms with Crippen LogP contribution in [0.2, 0.25) is 0 Å². The Kier molecular flexibility index (Phi) is 6.49. The first-order valence-corrected chi connectivity index (χ1v) is 14.1. The predicted octanol–water partition coefficient (Wildman–Crippen LogP) is 5.45. The van der Waals surface area contributed by atoms with Crippen LogP contribution in [0, 0.1) is 11.3 Å². The molecule has 32 heavy (non-hydrogen) atoms. The third kappa shape index (κ3) is 4.43. The van der Waals surface area contributed by atoms with Crippen LogP contribution in [0.4, 0.5) is 5.69 Å². The number of fused-ring (bicyclic) bond motifs is 1. The van der Waals surface area contributed by atoms with Crippen LogP contribution >= 0.6 is 42.3 Å². The lowest BCUT2D eigenvalue weighted by Crippen LogP contribution is -2.45. The molecule has 2 N–H and O–H groups in total.